The van der Waals surface area contributed by atoms with Gasteiger partial charge in [0, 0.05) is 32.6 Å². The van der Waals surface area contributed by atoms with Gasteiger partial charge in [0.2, 0.25) is 17.7 Å². The Kier molecular flexibility index (Phi) is 4.39. The maximum Gasteiger partial charge on any atom is 0.229 e. The summed E-state index contributed by atoms with van der Waals surface area (Å²) in [4.78, 5) is 8.30. The van der Waals surface area contributed by atoms with Crippen LogP contribution in [0, 0.1) is 0 Å². The first-order valence-electron chi connectivity index (χ1n) is 6.16. The summed E-state index contributed by atoms with van der Waals surface area (Å²) in [6.45, 7) is 1.51. The van der Waals surface area contributed by atoms with E-state index in [1.54, 1.807) is 6.07 Å². The molecule has 1 fully saturated rings. The second-order valence-corrected chi connectivity index (χ2v) is 4.47. The average Bonchev–Trinajstić information content (AvgIpc) is 2.45. The van der Waals surface area contributed by atoms with E-state index in [2.05, 4.69) is 15.3 Å². The minimum absolute atomic E-state index is 0.368. The SMILES string of the molecule is COc1cc(OC)nc(NCC2(O)CCOCC2)n1. The highest BCUT2D eigenvalue weighted by Crippen LogP contribution is 2.22. The fourth-order valence-corrected chi connectivity index (χ4v) is 1.86. The molecule has 2 N–H and O–H groups in total. The number of hydrogen-bond donors (Lipinski definition) is 2. The van der Waals surface area contributed by atoms with E-state index in [-0.39, 0.29) is 0 Å². The fourth-order valence-electron chi connectivity index (χ4n) is 1.86. The van der Waals surface area contributed by atoms with Crippen molar-refractivity contribution in [2.24, 2.45) is 0 Å². The molecule has 1 aliphatic rings. The molecule has 1 saturated heterocycles. The Hall–Kier alpha value is -1.60. The number of nitrogens with zero attached hydrogens (tertiary/aromatic N) is 2. The van der Waals surface area contributed by atoms with Crippen LogP contribution in [0.4, 0.5) is 5.95 Å². The summed E-state index contributed by atoms with van der Waals surface area (Å²) in [7, 11) is 3.05. The smallest absolute Gasteiger partial charge is 0.229 e. The molecule has 2 rings (SSSR count). The van der Waals surface area contributed by atoms with E-state index >= 15 is 0 Å². The van der Waals surface area contributed by atoms with E-state index in [9.17, 15) is 5.11 Å². The van der Waals surface area contributed by atoms with Crippen molar-refractivity contribution in [1.29, 1.82) is 0 Å². The van der Waals surface area contributed by atoms with E-state index in [4.69, 9.17) is 14.2 Å². The summed E-state index contributed by atoms with van der Waals surface area (Å²) < 4.78 is 15.4. The maximum atomic E-state index is 10.3. The van der Waals surface area contributed by atoms with E-state index in [0.29, 0.717) is 50.3 Å². The van der Waals surface area contributed by atoms with Gasteiger partial charge in [0.05, 0.1) is 25.9 Å². The van der Waals surface area contributed by atoms with Crippen molar-refractivity contribution in [3.8, 4) is 11.8 Å². The zero-order chi connectivity index (χ0) is 13.7. The van der Waals surface area contributed by atoms with Crippen molar-refractivity contribution in [3.63, 3.8) is 0 Å². The zero-order valence-electron chi connectivity index (χ0n) is 11.2. The predicted octanol–water partition coefficient (Wildman–Crippen LogP) is 0.447. The maximum absolute atomic E-state index is 10.3. The van der Waals surface area contributed by atoms with Crippen LogP contribution >= 0.6 is 0 Å². The molecular weight excluding hydrogens is 250 g/mol. The number of methoxy groups -OCH3 is 2. The van der Waals surface area contributed by atoms with E-state index in [1.165, 1.54) is 14.2 Å². The van der Waals surface area contributed by atoms with Crippen molar-refractivity contribution in [1.82, 2.24) is 9.97 Å². The Morgan fingerprint density at radius 2 is 1.84 bits per heavy atom. The van der Waals surface area contributed by atoms with Crippen LogP contribution in [0.2, 0.25) is 0 Å². The number of aromatic nitrogens is 2. The van der Waals surface area contributed by atoms with E-state index in [0.717, 1.165) is 0 Å². The summed E-state index contributed by atoms with van der Waals surface area (Å²) in [5.74, 6) is 1.19. The molecule has 0 radical (unpaired) electrons. The average molecular weight is 269 g/mol. The number of hydrogen-bond acceptors (Lipinski definition) is 7. The summed E-state index contributed by atoms with van der Waals surface area (Å²) in [6.07, 6.45) is 1.20. The lowest BCUT2D eigenvalue weighted by molar-refractivity contribution is -0.0544. The van der Waals surface area contributed by atoms with Gasteiger partial charge in [-0.25, -0.2) is 0 Å². The molecule has 0 aromatic carbocycles. The molecule has 1 aromatic rings. The first-order chi connectivity index (χ1) is 9.15. The second-order valence-electron chi connectivity index (χ2n) is 4.47. The van der Waals surface area contributed by atoms with E-state index < -0.39 is 5.60 Å². The summed E-state index contributed by atoms with van der Waals surface area (Å²) in [5.41, 5.74) is -0.780. The van der Waals surface area contributed by atoms with Gasteiger partial charge in [-0.1, -0.05) is 0 Å². The summed E-state index contributed by atoms with van der Waals surface area (Å²) in [6, 6.07) is 1.59. The highest BCUT2D eigenvalue weighted by Gasteiger charge is 2.29. The quantitative estimate of drug-likeness (QED) is 0.802. The third-order valence-corrected chi connectivity index (χ3v) is 3.10. The van der Waals surface area contributed by atoms with E-state index in [1.807, 2.05) is 0 Å². The number of ether oxygens (including phenoxy) is 3. The van der Waals surface area contributed by atoms with Gasteiger partial charge in [-0.2, -0.15) is 9.97 Å². The van der Waals surface area contributed by atoms with Crippen LogP contribution in [0.1, 0.15) is 12.8 Å². The van der Waals surface area contributed by atoms with Crippen LogP contribution in [0.3, 0.4) is 0 Å². The predicted molar refractivity (Wildman–Crippen MR) is 68.6 cm³/mol. The largest absolute Gasteiger partial charge is 0.481 e. The minimum Gasteiger partial charge on any atom is -0.481 e. The summed E-state index contributed by atoms with van der Waals surface area (Å²) in [5, 5.41) is 13.3. The highest BCUT2D eigenvalue weighted by molar-refractivity contribution is 5.34. The van der Waals surface area contributed by atoms with Crippen LogP contribution in [0.5, 0.6) is 11.8 Å². The van der Waals surface area contributed by atoms with Crippen molar-refractivity contribution in [2.45, 2.75) is 18.4 Å². The van der Waals surface area contributed by atoms with Crippen LogP contribution in [0.15, 0.2) is 6.07 Å². The minimum atomic E-state index is -0.780. The molecule has 0 amide bonds. The molecule has 7 nitrogen and oxygen atoms in total. The normalized spacial score (nSPS) is 17.8. The fraction of sp³-hybridized carbons (Fsp3) is 0.667. The third-order valence-electron chi connectivity index (χ3n) is 3.10. The third kappa shape index (κ3) is 3.68. The van der Waals surface area contributed by atoms with Gasteiger partial charge in [0.15, 0.2) is 0 Å². The van der Waals surface area contributed by atoms with Crippen molar-refractivity contribution in [3.05, 3.63) is 6.07 Å². The molecule has 19 heavy (non-hydrogen) atoms. The molecule has 0 spiro atoms. The molecule has 2 heterocycles. The highest BCUT2D eigenvalue weighted by atomic mass is 16.5. The van der Waals surface area contributed by atoms with Crippen molar-refractivity contribution >= 4 is 5.95 Å². The first kappa shape index (κ1) is 13.8. The van der Waals surface area contributed by atoms with Gasteiger partial charge >= 0.3 is 0 Å². The zero-order valence-corrected chi connectivity index (χ0v) is 11.2. The molecule has 1 aliphatic heterocycles. The standard InChI is InChI=1S/C12H19N3O4/c1-17-9-7-10(18-2)15-11(14-9)13-8-12(16)3-5-19-6-4-12/h7,16H,3-6,8H2,1-2H3,(H,13,14,15). The Bertz CT molecular complexity index is 399. The molecule has 0 saturated carbocycles. The number of rotatable bonds is 5. The van der Waals surface area contributed by atoms with Crippen LogP contribution < -0.4 is 14.8 Å². The molecule has 0 atom stereocenters. The van der Waals surface area contributed by atoms with Crippen LogP contribution in [-0.4, -0.2) is 54.7 Å². The van der Waals surface area contributed by atoms with Gasteiger partial charge in [-0.15, -0.1) is 0 Å². The van der Waals surface area contributed by atoms with Crippen molar-refractivity contribution in [2.75, 3.05) is 39.3 Å². The Morgan fingerprint density at radius 1 is 1.26 bits per heavy atom. The summed E-state index contributed by atoms with van der Waals surface area (Å²) >= 11 is 0. The molecule has 0 bridgehead atoms. The number of aliphatic hydroxyl groups is 1. The Morgan fingerprint density at radius 3 is 2.37 bits per heavy atom. The number of anilines is 1. The molecule has 1 aromatic heterocycles. The molecule has 0 aliphatic carbocycles. The molecule has 7 heteroatoms. The van der Waals surface area contributed by atoms with Crippen LogP contribution in [-0.2, 0) is 4.74 Å². The lowest BCUT2D eigenvalue weighted by Gasteiger charge is -2.32. The van der Waals surface area contributed by atoms with Crippen LogP contribution in [0.25, 0.3) is 0 Å². The van der Waals surface area contributed by atoms with Gasteiger partial charge in [-0.3, -0.25) is 0 Å². The van der Waals surface area contributed by atoms with Gasteiger partial charge in [-0.05, 0) is 0 Å². The molecular formula is C12H19N3O4. The van der Waals surface area contributed by atoms with Crippen molar-refractivity contribution < 1.29 is 19.3 Å². The monoisotopic (exact) mass is 269 g/mol. The van der Waals surface area contributed by atoms with Gasteiger partial charge in [0.1, 0.15) is 0 Å². The lowest BCUT2D eigenvalue weighted by atomic mass is 9.94. The number of nitrogens with one attached hydrogen (secondary N) is 1. The topological polar surface area (TPSA) is 85.7 Å². The van der Waals surface area contributed by atoms with Gasteiger partial charge in [0.25, 0.3) is 0 Å². The Labute approximate surface area is 111 Å². The molecule has 0 unspecified atom stereocenters. The first-order valence-corrected chi connectivity index (χ1v) is 6.16. The Balaban J connectivity index is 2.02. The van der Waals surface area contributed by atoms with Gasteiger partial charge < -0.3 is 24.6 Å². The lowest BCUT2D eigenvalue weighted by Crippen LogP contribution is -2.42. The molecule has 106 valence electrons. The second kappa shape index (κ2) is 6.03.